The molecule has 100 valence electrons. The average molecular weight is 246 g/mol. The van der Waals surface area contributed by atoms with E-state index in [0.29, 0.717) is 0 Å². The second-order valence-electron chi connectivity index (χ2n) is 6.22. The van der Waals surface area contributed by atoms with E-state index < -0.39 is 0 Å². The molecule has 0 saturated carbocycles. The molecular formula is C16H26N2. The Kier molecular flexibility index (Phi) is 3.96. The maximum Gasteiger partial charge on any atom is 0.0373 e. The van der Waals surface area contributed by atoms with Gasteiger partial charge in [-0.1, -0.05) is 12.1 Å². The SMILES string of the molecule is CNCC1CCN(c2cccc(C)c2)C(C)(C)C1. The topological polar surface area (TPSA) is 15.3 Å². The van der Waals surface area contributed by atoms with Gasteiger partial charge in [-0.3, -0.25) is 0 Å². The summed E-state index contributed by atoms with van der Waals surface area (Å²) in [7, 11) is 2.06. The van der Waals surface area contributed by atoms with Gasteiger partial charge in [-0.15, -0.1) is 0 Å². The molecule has 0 aliphatic carbocycles. The van der Waals surface area contributed by atoms with E-state index in [-0.39, 0.29) is 5.54 Å². The van der Waals surface area contributed by atoms with Crippen LogP contribution in [0.25, 0.3) is 0 Å². The Morgan fingerprint density at radius 1 is 1.39 bits per heavy atom. The number of hydrogen-bond donors (Lipinski definition) is 1. The van der Waals surface area contributed by atoms with Gasteiger partial charge in [0.15, 0.2) is 0 Å². The molecule has 0 amide bonds. The van der Waals surface area contributed by atoms with E-state index in [1.54, 1.807) is 0 Å². The number of nitrogens with zero attached hydrogens (tertiary/aromatic N) is 1. The summed E-state index contributed by atoms with van der Waals surface area (Å²) in [6, 6.07) is 8.89. The van der Waals surface area contributed by atoms with E-state index in [0.717, 1.165) is 12.5 Å². The number of benzene rings is 1. The van der Waals surface area contributed by atoms with Gasteiger partial charge in [0, 0.05) is 17.8 Å². The van der Waals surface area contributed by atoms with Crippen LogP contribution < -0.4 is 10.2 Å². The molecule has 1 N–H and O–H groups in total. The Balaban J connectivity index is 2.15. The van der Waals surface area contributed by atoms with Crippen LogP contribution in [0.3, 0.4) is 0 Å². The fourth-order valence-electron chi connectivity index (χ4n) is 3.27. The summed E-state index contributed by atoms with van der Waals surface area (Å²) in [6.45, 7) is 9.23. The van der Waals surface area contributed by atoms with Gasteiger partial charge < -0.3 is 10.2 Å². The first-order chi connectivity index (χ1) is 8.53. The van der Waals surface area contributed by atoms with Crippen LogP contribution in [-0.4, -0.2) is 25.7 Å². The van der Waals surface area contributed by atoms with Crippen LogP contribution in [0.2, 0.25) is 0 Å². The molecule has 0 radical (unpaired) electrons. The predicted molar refractivity (Wildman–Crippen MR) is 79.3 cm³/mol. The molecule has 1 aromatic rings. The second-order valence-corrected chi connectivity index (χ2v) is 6.22. The average Bonchev–Trinajstić information content (AvgIpc) is 2.28. The molecule has 1 aliphatic heterocycles. The molecule has 18 heavy (non-hydrogen) atoms. The summed E-state index contributed by atoms with van der Waals surface area (Å²) in [4.78, 5) is 2.58. The Hall–Kier alpha value is -1.02. The van der Waals surface area contributed by atoms with Gasteiger partial charge >= 0.3 is 0 Å². The first-order valence-corrected chi connectivity index (χ1v) is 7.02. The van der Waals surface area contributed by atoms with Crippen molar-refractivity contribution in [1.29, 1.82) is 0 Å². The third-order valence-corrected chi connectivity index (χ3v) is 4.09. The third kappa shape index (κ3) is 2.86. The van der Waals surface area contributed by atoms with Gasteiger partial charge in [0.25, 0.3) is 0 Å². The molecule has 1 saturated heterocycles. The van der Waals surface area contributed by atoms with E-state index >= 15 is 0 Å². The van der Waals surface area contributed by atoms with Crippen LogP contribution in [-0.2, 0) is 0 Å². The fraction of sp³-hybridized carbons (Fsp3) is 0.625. The zero-order valence-corrected chi connectivity index (χ0v) is 12.2. The van der Waals surface area contributed by atoms with Crippen LogP contribution >= 0.6 is 0 Å². The number of nitrogens with one attached hydrogen (secondary N) is 1. The molecule has 1 heterocycles. The number of anilines is 1. The summed E-state index contributed by atoms with van der Waals surface area (Å²) in [5.74, 6) is 0.811. The van der Waals surface area contributed by atoms with Crippen molar-refractivity contribution in [1.82, 2.24) is 5.32 Å². The van der Waals surface area contributed by atoms with E-state index in [1.807, 2.05) is 0 Å². The first-order valence-electron chi connectivity index (χ1n) is 7.02. The molecule has 1 aliphatic rings. The highest BCUT2D eigenvalue weighted by Crippen LogP contribution is 2.35. The number of aryl methyl sites for hydroxylation is 1. The highest BCUT2D eigenvalue weighted by atomic mass is 15.2. The van der Waals surface area contributed by atoms with Gasteiger partial charge in [0.2, 0.25) is 0 Å². The zero-order valence-electron chi connectivity index (χ0n) is 12.2. The minimum Gasteiger partial charge on any atom is -0.366 e. The minimum atomic E-state index is 0.257. The van der Waals surface area contributed by atoms with Crippen LogP contribution in [0.1, 0.15) is 32.3 Å². The number of rotatable bonds is 3. The van der Waals surface area contributed by atoms with Gasteiger partial charge in [-0.25, -0.2) is 0 Å². The van der Waals surface area contributed by atoms with Crippen LogP contribution in [0.15, 0.2) is 24.3 Å². The van der Waals surface area contributed by atoms with Gasteiger partial charge in [0.05, 0.1) is 0 Å². The van der Waals surface area contributed by atoms with Crippen LogP contribution in [0.4, 0.5) is 5.69 Å². The Labute approximate surface area is 111 Å². The second kappa shape index (κ2) is 5.31. The predicted octanol–water partition coefficient (Wildman–Crippen LogP) is 3.21. The number of hydrogen-bond acceptors (Lipinski definition) is 2. The maximum absolute atomic E-state index is 3.32. The van der Waals surface area contributed by atoms with E-state index in [2.05, 4.69) is 62.3 Å². The molecule has 2 rings (SSSR count). The monoisotopic (exact) mass is 246 g/mol. The molecule has 0 bridgehead atoms. The van der Waals surface area contributed by atoms with Gasteiger partial charge in [-0.05, 0) is 70.8 Å². The largest absolute Gasteiger partial charge is 0.366 e. The van der Waals surface area contributed by atoms with Crippen molar-refractivity contribution in [2.45, 2.75) is 39.2 Å². The molecular weight excluding hydrogens is 220 g/mol. The normalized spacial score (nSPS) is 23.1. The summed E-state index contributed by atoms with van der Waals surface area (Å²) < 4.78 is 0. The Morgan fingerprint density at radius 3 is 2.78 bits per heavy atom. The van der Waals surface area contributed by atoms with Gasteiger partial charge in [-0.2, -0.15) is 0 Å². The lowest BCUT2D eigenvalue weighted by atomic mass is 9.82. The van der Waals surface area contributed by atoms with E-state index in [1.165, 1.54) is 30.6 Å². The van der Waals surface area contributed by atoms with Gasteiger partial charge in [0.1, 0.15) is 0 Å². The summed E-state index contributed by atoms with van der Waals surface area (Å²) in [6.07, 6.45) is 2.56. The highest BCUT2D eigenvalue weighted by molar-refractivity contribution is 5.51. The van der Waals surface area contributed by atoms with Crippen molar-refractivity contribution >= 4 is 5.69 Å². The first kappa shape index (κ1) is 13.4. The maximum atomic E-state index is 3.32. The molecule has 0 aromatic heterocycles. The van der Waals surface area contributed by atoms with Crippen molar-refractivity contribution in [3.8, 4) is 0 Å². The smallest absolute Gasteiger partial charge is 0.0373 e. The summed E-state index contributed by atoms with van der Waals surface area (Å²) >= 11 is 0. The quantitative estimate of drug-likeness (QED) is 0.881. The van der Waals surface area contributed by atoms with Crippen LogP contribution in [0, 0.1) is 12.8 Å². The van der Waals surface area contributed by atoms with Crippen LogP contribution in [0.5, 0.6) is 0 Å². The molecule has 1 fully saturated rings. The minimum absolute atomic E-state index is 0.257. The molecule has 2 heteroatoms. The molecule has 1 atom stereocenters. The zero-order chi connectivity index (χ0) is 13.2. The lowest BCUT2D eigenvalue weighted by Crippen LogP contribution is -2.51. The lowest BCUT2D eigenvalue weighted by Gasteiger charge is -2.47. The molecule has 2 nitrogen and oxygen atoms in total. The van der Waals surface area contributed by atoms with Crippen molar-refractivity contribution < 1.29 is 0 Å². The highest BCUT2D eigenvalue weighted by Gasteiger charge is 2.34. The summed E-state index contributed by atoms with van der Waals surface area (Å²) in [5, 5.41) is 3.32. The molecule has 0 spiro atoms. The third-order valence-electron chi connectivity index (χ3n) is 4.09. The standard InChI is InChI=1S/C16H26N2/c1-13-6-5-7-15(10-13)18-9-8-14(12-17-4)11-16(18,2)3/h5-7,10,14,17H,8-9,11-12H2,1-4H3. The fourth-order valence-corrected chi connectivity index (χ4v) is 3.27. The molecule has 1 aromatic carbocycles. The van der Waals surface area contributed by atoms with Crippen molar-refractivity contribution in [3.63, 3.8) is 0 Å². The van der Waals surface area contributed by atoms with Crippen molar-refractivity contribution in [2.75, 3.05) is 25.0 Å². The lowest BCUT2D eigenvalue weighted by molar-refractivity contribution is 0.270. The number of piperidine rings is 1. The van der Waals surface area contributed by atoms with E-state index in [9.17, 15) is 0 Å². The van der Waals surface area contributed by atoms with Crippen molar-refractivity contribution in [3.05, 3.63) is 29.8 Å². The van der Waals surface area contributed by atoms with Crippen molar-refractivity contribution in [2.24, 2.45) is 5.92 Å². The Bertz CT molecular complexity index is 398. The summed E-state index contributed by atoms with van der Waals surface area (Å²) in [5.41, 5.74) is 2.98. The van der Waals surface area contributed by atoms with E-state index in [4.69, 9.17) is 0 Å². The Morgan fingerprint density at radius 2 is 2.17 bits per heavy atom. The molecule has 1 unspecified atom stereocenters.